The summed E-state index contributed by atoms with van der Waals surface area (Å²) in [5.41, 5.74) is 0. The van der Waals surface area contributed by atoms with Crippen LogP contribution in [0, 0.1) is 0 Å². The molecule has 0 unspecified atom stereocenters. The van der Waals surface area contributed by atoms with E-state index in [0.29, 0.717) is 0 Å². The van der Waals surface area contributed by atoms with Gasteiger partial charge in [-0.1, -0.05) is 4.98 Å². The Balaban J connectivity index is 2.04. The fraction of sp³-hybridized carbons (Fsp3) is 0.556. The zero-order valence-electron chi connectivity index (χ0n) is 9.68. The van der Waals surface area contributed by atoms with Crippen LogP contribution in [-0.4, -0.2) is 49.9 Å². The Morgan fingerprint density at radius 1 is 1.37 bits per heavy atom. The van der Waals surface area contributed by atoms with Crippen LogP contribution in [0.2, 0.25) is 0 Å². The fourth-order valence-corrected chi connectivity index (χ4v) is 2.12. The van der Waals surface area contributed by atoms with Gasteiger partial charge in [0.2, 0.25) is 6.23 Å². The Hall–Kier alpha value is -0.930. The third-order valence-corrected chi connectivity index (χ3v) is 3.15. The van der Waals surface area contributed by atoms with Crippen molar-refractivity contribution in [1.29, 1.82) is 0 Å². The molecule has 2 heterocycles. The van der Waals surface area contributed by atoms with Gasteiger partial charge in [-0.15, -0.1) is 0 Å². The lowest BCUT2D eigenvalue weighted by molar-refractivity contribution is -0.768. The molecule has 1 saturated heterocycles. The van der Waals surface area contributed by atoms with E-state index in [1.165, 1.54) is 17.1 Å². The van der Waals surface area contributed by atoms with E-state index in [1.54, 1.807) is 12.3 Å². The highest BCUT2D eigenvalue weighted by Crippen LogP contribution is 2.37. The first kappa shape index (κ1) is 14.5. The van der Waals surface area contributed by atoms with Gasteiger partial charge in [0.1, 0.15) is 24.5 Å². The van der Waals surface area contributed by atoms with E-state index in [-0.39, 0.29) is 0 Å². The van der Waals surface area contributed by atoms with E-state index in [0.717, 1.165) is 0 Å². The lowest BCUT2D eigenvalue weighted by atomic mass is 10.1. The number of nitrogens with zero attached hydrogens (tertiary/aromatic N) is 2. The highest BCUT2D eigenvalue weighted by Gasteiger charge is 2.46. The molecule has 10 heteroatoms. The number of ether oxygens (including phenoxy) is 1. The Morgan fingerprint density at radius 3 is 2.68 bits per heavy atom. The third-order valence-electron chi connectivity index (χ3n) is 2.67. The first-order chi connectivity index (χ1) is 8.88. The Morgan fingerprint density at radius 2 is 2.11 bits per heavy atom. The molecule has 106 valence electrons. The SMILES string of the molecule is O=P(O)(O)OC[C@H]1O[C@@H]([n+]2cccnc2)[C@H](O)[C@@H]1O. The van der Waals surface area contributed by atoms with Crippen LogP contribution in [0.15, 0.2) is 24.8 Å². The molecule has 2 rings (SSSR count). The molecule has 1 aliphatic rings. The molecule has 0 aliphatic carbocycles. The maximum absolute atomic E-state index is 10.6. The lowest BCUT2D eigenvalue weighted by Crippen LogP contribution is -2.46. The topological polar surface area (TPSA) is 133 Å². The highest BCUT2D eigenvalue weighted by molar-refractivity contribution is 7.46. The van der Waals surface area contributed by atoms with Crippen molar-refractivity contribution in [1.82, 2.24) is 4.98 Å². The van der Waals surface area contributed by atoms with Crippen LogP contribution in [0.25, 0.3) is 0 Å². The molecular formula is C9H14N2O7P+. The second kappa shape index (κ2) is 5.59. The van der Waals surface area contributed by atoms with Crippen LogP contribution in [0.4, 0.5) is 0 Å². The largest absolute Gasteiger partial charge is 0.469 e. The Bertz CT molecular complexity index is 467. The molecule has 19 heavy (non-hydrogen) atoms. The van der Waals surface area contributed by atoms with Crippen LogP contribution in [0.5, 0.6) is 0 Å². The number of aromatic nitrogens is 2. The van der Waals surface area contributed by atoms with Crippen LogP contribution < -0.4 is 4.57 Å². The van der Waals surface area contributed by atoms with Crippen molar-refractivity contribution in [2.75, 3.05) is 6.61 Å². The van der Waals surface area contributed by atoms with Gasteiger partial charge in [-0.25, -0.2) is 9.13 Å². The molecule has 1 aromatic heterocycles. The zero-order valence-corrected chi connectivity index (χ0v) is 10.6. The van der Waals surface area contributed by atoms with Gasteiger partial charge in [-0.2, -0.15) is 0 Å². The minimum atomic E-state index is -4.65. The number of aliphatic hydroxyl groups excluding tert-OH is 2. The van der Waals surface area contributed by atoms with Gasteiger partial charge in [0.25, 0.3) is 6.33 Å². The van der Waals surface area contributed by atoms with Crippen LogP contribution in [0.3, 0.4) is 0 Å². The summed E-state index contributed by atoms with van der Waals surface area (Å²) >= 11 is 0. The van der Waals surface area contributed by atoms with E-state index < -0.39 is 39.0 Å². The number of rotatable bonds is 4. The molecule has 0 bridgehead atoms. The molecule has 1 aliphatic heterocycles. The number of aliphatic hydroxyl groups is 2. The monoisotopic (exact) mass is 293 g/mol. The van der Waals surface area contributed by atoms with Crippen molar-refractivity contribution in [2.24, 2.45) is 0 Å². The van der Waals surface area contributed by atoms with Crippen molar-refractivity contribution in [2.45, 2.75) is 24.5 Å². The van der Waals surface area contributed by atoms with Gasteiger partial charge in [0.15, 0.2) is 0 Å². The van der Waals surface area contributed by atoms with Crippen molar-refractivity contribution >= 4 is 7.82 Å². The van der Waals surface area contributed by atoms with Gasteiger partial charge < -0.3 is 24.7 Å². The van der Waals surface area contributed by atoms with E-state index in [2.05, 4.69) is 9.51 Å². The van der Waals surface area contributed by atoms with Crippen LogP contribution in [0.1, 0.15) is 6.23 Å². The summed E-state index contributed by atoms with van der Waals surface area (Å²) in [7, 11) is -4.65. The average molecular weight is 293 g/mol. The number of phosphoric ester groups is 1. The number of hydrogen-bond acceptors (Lipinski definition) is 6. The highest BCUT2D eigenvalue weighted by atomic mass is 31.2. The molecule has 0 saturated carbocycles. The van der Waals surface area contributed by atoms with E-state index in [1.807, 2.05) is 0 Å². The van der Waals surface area contributed by atoms with Crippen molar-refractivity contribution < 1.29 is 38.4 Å². The minimum Gasteiger partial charge on any atom is -0.387 e. The van der Waals surface area contributed by atoms with Crippen molar-refractivity contribution in [3.05, 3.63) is 24.8 Å². The predicted octanol–water partition coefficient (Wildman–Crippen LogP) is -1.90. The maximum atomic E-state index is 10.6. The maximum Gasteiger partial charge on any atom is 0.469 e. The minimum absolute atomic E-state index is 0.528. The molecular weight excluding hydrogens is 279 g/mol. The summed E-state index contributed by atoms with van der Waals surface area (Å²) in [6, 6.07) is 1.61. The molecule has 9 nitrogen and oxygen atoms in total. The smallest absolute Gasteiger partial charge is 0.387 e. The normalized spacial score (nSPS) is 31.6. The summed E-state index contributed by atoms with van der Waals surface area (Å²) in [4.78, 5) is 21.0. The van der Waals surface area contributed by atoms with E-state index >= 15 is 0 Å². The summed E-state index contributed by atoms with van der Waals surface area (Å²) in [5.74, 6) is 0. The first-order valence-electron chi connectivity index (χ1n) is 5.41. The molecule has 0 amide bonds. The second-order valence-electron chi connectivity index (χ2n) is 4.03. The van der Waals surface area contributed by atoms with E-state index in [4.69, 9.17) is 14.5 Å². The summed E-state index contributed by atoms with van der Waals surface area (Å²) in [5, 5.41) is 19.6. The van der Waals surface area contributed by atoms with Gasteiger partial charge in [-0.05, 0) is 0 Å². The quantitative estimate of drug-likeness (QED) is 0.373. The van der Waals surface area contributed by atoms with Gasteiger partial charge >= 0.3 is 7.82 Å². The van der Waals surface area contributed by atoms with Crippen molar-refractivity contribution in [3.8, 4) is 0 Å². The molecule has 1 aromatic rings. The Labute approximate surface area is 108 Å². The number of phosphoric acid groups is 1. The predicted molar refractivity (Wildman–Crippen MR) is 58.4 cm³/mol. The lowest BCUT2D eigenvalue weighted by Gasteiger charge is -2.14. The Kier molecular flexibility index (Phi) is 4.26. The van der Waals surface area contributed by atoms with Gasteiger partial charge in [-0.3, -0.25) is 4.52 Å². The summed E-state index contributed by atoms with van der Waals surface area (Å²) in [6.45, 7) is -0.528. The van der Waals surface area contributed by atoms with Crippen LogP contribution >= 0.6 is 7.82 Å². The molecule has 4 N–H and O–H groups in total. The third kappa shape index (κ3) is 3.54. The van der Waals surface area contributed by atoms with Crippen LogP contribution in [-0.2, 0) is 13.8 Å². The molecule has 0 radical (unpaired) electrons. The molecule has 0 aromatic carbocycles. The second-order valence-corrected chi connectivity index (χ2v) is 5.27. The van der Waals surface area contributed by atoms with Gasteiger partial charge in [0.05, 0.1) is 12.8 Å². The molecule has 4 atom stereocenters. The molecule has 0 spiro atoms. The number of hydrogen-bond donors (Lipinski definition) is 4. The zero-order chi connectivity index (χ0) is 14.0. The summed E-state index contributed by atoms with van der Waals surface area (Å²) < 4.78 is 21.6. The van der Waals surface area contributed by atoms with E-state index in [9.17, 15) is 14.8 Å². The standard InChI is InChI=1S/C9H13N2O7P/c12-7-6(4-17-19(14,15)16)18-9(8(7)13)11-3-1-2-10-5-11/h1-3,5-9,12-13H,4H2,(H-,14,15,16)/p+1/t6-,7-,8-,9-/m1/s1. The van der Waals surface area contributed by atoms with Gasteiger partial charge in [0, 0.05) is 6.07 Å². The van der Waals surface area contributed by atoms with Crippen molar-refractivity contribution in [3.63, 3.8) is 0 Å². The molecule has 1 fully saturated rings. The first-order valence-corrected chi connectivity index (χ1v) is 6.94. The fourth-order valence-electron chi connectivity index (χ4n) is 1.78. The average Bonchev–Trinajstić information content (AvgIpc) is 2.64. The summed E-state index contributed by atoms with van der Waals surface area (Å²) in [6.07, 6.45) is 0.00758.